The Labute approximate surface area is 193 Å². The molecule has 1 aliphatic rings. The normalized spacial score (nSPS) is 14.3. The smallest absolute Gasteiger partial charge is 0.258 e. The molecule has 0 saturated heterocycles. The molecule has 1 amide bonds. The summed E-state index contributed by atoms with van der Waals surface area (Å²) in [4.78, 5) is 20.8. The van der Waals surface area contributed by atoms with Gasteiger partial charge in [-0.1, -0.05) is 43.5 Å². The number of rotatable bonds is 7. The van der Waals surface area contributed by atoms with Gasteiger partial charge in [-0.2, -0.15) is 4.98 Å². The highest BCUT2D eigenvalue weighted by Crippen LogP contribution is 2.33. The van der Waals surface area contributed by atoms with Gasteiger partial charge in [0.1, 0.15) is 5.75 Å². The Morgan fingerprint density at radius 1 is 1.00 bits per heavy atom. The first-order valence-electron chi connectivity index (χ1n) is 11.5. The third-order valence-electron chi connectivity index (χ3n) is 6.18. The molecule has 33 heavy (non-hydrogen) atoms. The van der Waals surface area contributed by atoms with Crippen LogP contribution in [0.3, 0.4) is 0 Å². The molecule has 4 aromatic rings. The maximum atomic E-state index is 12.2. The predicted octanol–water partition coefficient (Wildman–Crippen LogP) is 5.63. The first-order chi connectivity index (χ1) is 16.2. The van der Waals surface area contributed by atoms with Crippen LogP contribution in [0.15, 0.2) is 71.3 Å². The average Bonchev–Trinajstić information content (AvgIpc) is 3.32. The van der Waals surface area contributed by atoms with Gasteiger partial charge < -0.3 is 14.5 Å². The fourth-order valence-corrected chi connectivity index (χ4v) is 4.33. The third kappa shape index (κ3) is 5.22. The lowest BCUT2D eigenvalue weighted by Gasteiger charge is -2.22. The monoisotopic (exact) mass is 441 g/mol. The van der Waals surface area contributed by atoms with E-state index in [2.05, 4.69) is 27.4 Å². The Morgan fingerprint density at radius 2 is 1.79 bits per heavy atom. The van der Waals surface area contributed by atoms with Crippen LogP contribution in [0.4, 0.5) is 0 Å². The number of nitrogens with zero attached hydrogens (tertiary/aromatic N) is 2. The van der Waals surface area contributed by atoms with Crippen LogP contribution in [0.25, 0.3) is 22.7 Å². The van der Waals surface area contributed by atoms with Crippen molar-refractivity contribution in [3.05, 3.63) is 78.0 Å². The molecule has 2 aromatic heterocycles. The summed E-state index contributed by atoms with van der Waals surface area (Å²) in [5.41, 5.74) is 4.48. The molecule has 0 spiro atoms. The van der Waals surface area contributed by atoms with E-state index in [0.717, 1.165) is 16.9 Å². The van der Waals surface area contributed by atoms with Crippen LogP contribution in [-0.2, 0) is 11.3 Å². The second-order valence-corrected chi connectivity index (χ2v) is 8.51. The number of amides is 1. The summed E-state index contributed by atoms with van der Waals surface area (Å²) in [6.45, 7) is 0.426. The van der Waals surface area contributed by atoms with Crippen molar-refractivity contribution in [3.8, 4) is 17.2 Å². The fraction of sp³-hybridized carbons (Fsp3) is 0.296. The molecule has 0 bridgehead atoms. The molecule has 6 heteroatoms. The van der Waals surface area contributed by atoms with Gasteiger partial charge in [-0.25, -0.2) is 4.98 Å². The summed E-state index contributed by atoms with van der Waals surface area (Å²) >= 11 is 0. The summed E-state index contributed by atoms with van der Waals surface area (Å²) in [5, 5.41) is 2.90. The van der Waals surface area contributed by atoms with E-state index in [0.29, 0.717) is 29.6 Å². The zero-order valence-corrected chi connectivity index (χ0v) is 18.5. The number of hydrogen-bond donors (Lipinski definition) is 1. The van der Waals surface area contributed by atoms with Crippen molar-refractivity contribution in [1.29, 1.82) is 0 Å². The van der Waals surface area contributed by atoms with E-state index in [1.165, 1.54) is 37.7 Å². The van der Waals surface area contributed by atoms with Crippen molar-refractivity contribution in [1.82, 2.24) is 15.3 Å². The lowest BCUT2D eigenvalue weighted by atomic mass is 9.84. The number of ether oxygens (including phenoxy) is 1. The number of carbonyl (C=O) groups excluding carboxylic acids is 1. The fourth-order valence-electron chi connectivity index (χ4n) is 4.33. The van der Waals surface area contributed by atoms with Gasteiger partial charge in [0.05, 0.1) is 0 Å². The number of hydrogen-bond acceptors (Lipinski definition) is 5. The van der Waals surface area contributed by atoms with Crippen molar-refractivity contribution in [3.63, 3.8) is 0 Å². The molecule has 1 N–H and O–H groups in total. The van der Waals surface area contributed by atoms with Crippen LogP contribution in [-0.4, -0.2) is 22.5 Å². The van der Waals surface area contributed by atoms with E-state index in [9.17, 15) is 4.79 Å². The molecule has 1 aliphatic carbocycles. The molecule has 5 rings (SSSR count). The zero-order chi connectivity index (χ0) is 22.5. The van der Waals surface area contributed by atoms with E-state index >= 15 is 0 Å². The number of oxazole rings is 1. The van der Waals surface area contributed by atoms with Crippen molar-refractivity contribution < 1.29 is 13.9 Å². The van der Waals surface area contributed by atoms with E-state index in [-0.39, 0.29) is 12.5 Å². The van der Waals surface area contributed by atoms with Gasteiger partial charge in [0.2, 0.25) is 5.89 Å². The first kappa shape index (κ1) is 21.2. The molecule has 0 aliphatic heterocycles. The van der Waals surface area contributed by atoms with Crippen LogP contribution in [0.2, 0.25) is 0 Å². The van der Waals surface area contributed by atoms with E-state index in [1.807, 2.05) is 48.5 Å². The molecular formula is C27H27N3O3. The van der Waals surface area contributed by atoms with Crippen LogP contribution >= 0.6 is 0 Å². The van der Waals surface area contributed by atoms with Crippen LogP contribution in [0.5, 0.6) is 5.75 Å². The quantitative estimate of drug-likeness (QED) is 0.402. The molecule has 0 atom stereocenters. The van der Waals surface area contributed by atoms with Gasteiger partial charge in [0.15, 0.2) is 17.8 Å². The van der Waals surface area contributed by atoms with E-state index in [1.54, 1.807) is 6.20 Å². The number of aromatic nitrogens is 2. The van der Waals surface area contributed by atoms with Gasteiger partial charge in [0.25, 0.3) is 5.91 Å². The Hall–Kier alpha value is -3.67. The van der Waals surface area contributed by atoms with E-state index in [4.69, 9.17) is 9.15 Å². The van der Waals surface area contributed by atoms with Gasteiger partial charge in [0, 0.05) is 18.3 Å². The summed E-state index contributed by atoms with van der Waals surface area (Å²) in [6.07, 6.45) is 8.23. The van der Waals surface area contributed by atoms with Gasteiger partial charge >= 0.3 is 0 Å². The van der Waals surface area contributed by atoms with Crippen molar-refractivity contribution in [2.24, 2.45) is 0 Å². The lowest BCUT2D eigenvalue weighted by molar-refractivity contribution is -0.123. The zero-order valence-electron chi connectivity index (χ0n) is 18.5. The molecule has 1 fully saturated rings. The second-order valence-electron chi connectivity index (χ2n) is 8.51. The number of benzene rings is 2. The van der Waals surface area contributed by atoms with Crippen LogP contribution in [0.1, 0.15) is 49.1 Å². The minimum atomic E-state index is -0.152. The molecule has 2 aromatic carbocycles. The Morgan fingerprint density at radius 3 is 2.55 bits per heavy atom. The average molecular weight is 442 g/mol. The summed E-state index contributed by atoms with van der Waals surface area (Å²) in [7, 11) is 0. The predicted molar refractivity (Wildman–Crippen MR) is 127 cm³/mol. The highest BCUT2D eigenvalue weighted by atomic mass is 16.5. The highest BCUT2D eigenvalue weighted by Gasteiger charge is 2.15. The molecule has 6 nitrogen and oxygen atoms in total. The number of fused-ring (bicyclic) bond motifs is 1. The SMILES string of the molecule is O=C(COc1ccc(C2CCCCC2)cc1)NCc1ccc(-c2nc3ncccc3o2)cc1. The summed E-state index contributed by atoms with van der Waals surface area (Å²) in [5.74, 6) is 1.77. The minimum Gasteiger partial charge on any atom is -0.484 e. The molecule has 1 saturated carbocycles. The Kier molecular flexibility index (Phi) is 6.33. The van der Waals surface area contributed by atoms with Crippen molar-refractivity contribution in [2.75, 3.05) is 6.61 Å². The maximum absolute atomic E-state index is 12.2. The molecular weight excluding hydrogens is 414 g/mol. The Balaban J connectivity index is 1.10. The van der Waals surface area contributed by atoms with Crippen LogP contribution in [0, 0.1) is 0 Å². The highest BCUT2D eigenvalue weighted by molar-refractivity contribution is 5.77. The number of nitrogens with one attached hydrogen (secondary N) is 1. The van der Waals surface area contributed by atoms with E-state index < -0.39 is 0 Å². The number of pyridine rings is 1. The number of carbonyl (C=O) groups is 1. The molecule has 168 valence electrons. The largest absolute Gasteiger partial charge is 0.484 e. The first-order valence-corrected chi connectivity index (χ1v) is 11.5. The third-order valence-corrected chi connectivity index (χ3v) is 6.18. The molecule has 0 radical (unpaired) electrons. The minimum absolute atomic E-state index is 0.00321. The van der Waals surface area contributed by atoms with Crippen molar-refractivity contribution in [2.45, 2.75) is 44.6 Å². The Bertz CT molecular complexity index is 1180. The lowest BCUT2D eigenvalue weighted by Crippen LogP contribution is -2.28. The summed E-state index contributed by atoms with van der Waals surface area (Å²) in [6, 6.07) is 19.6. The molecule has 2 heterocycles. The van der Waals surface area contributed by atoms with Gasteiger partial charge in [-0.15, -0.1) is 0 Å². The second kappa shape index (κ2) is 9.86. The van der Waals surface area contributed by atoms with Gasteiger partial charge in [-0.3, -0.25) is 4.79 Å². The van der Waals surface area contributed by atoms with Crippen LogP contribution < -0.4 is 10.1 Å². The topological polar surface area (TPSA) is 77.2 Å². The standard InChI is InChI=1S/C27H27N3O3/c31-25(18-32-23-14-12-21(13-15-23)20-5-2-1-3-6-20)29-17-19-8-10-22(11-9-19)27-30-26-24(33-27)7-4-16-28-26/h4,7-16,20H,1-3,5-6,17-18H2,(H,29,31). The summed E-state index contributed by atoms with van der Waals surface area (Å²) < 4.78 is 11.4. The maximum Gasteiger partial charge on any atom is 0.258 e. The van der Waals surface area contributed by atoms with Gasteiger partial charge in [-0.05, 0) is 66.3 Å². The van der Waals surface area contributed by atoms with Crippen molar-refractivity contribution >= 4 is 17.1 Å². The molecule has 0 unspecified atom stereocenters.